The molecule has 1 rings (SSSR count). The molecule has 0 saturated heterocycles. The van der Waals surface area contributed by atoms with Crippen molar-refractivity contribution in [1.82, 2.24) is 0 Å². The Morgan fingerprint density at radius 3 is 2.44 bits per heavy atom. The van der Waals surface area contributed by atoms with E-state index >= 15 is 0 Å². The van der Waals surface area contributed by atoms with Crippen LogP contribution in [0.1, 0.15) is 18.9 Å². The van der Waals surface area contributed by atoms with Crippen LogP contribution in [0.15, 0.2) is 28.7 Å². The first kappa shape index (κ1) is 12.9. The van der Waals surface area contributed by atoms with E-state index in [1.54, 1.807) is 6.92 Å². The highest BCUT2D eigenvalue weighted by molar-refractivity contribution is 9.10. The van der Waals surface area contributed by atoms with Gasteiger partial charge < -0.3 is 4.74 Å². The lowest BCUT2D eigenvalue weighted by Crippen LogP contribution is -2.12. The predicted octanol–water partition coefficient (Wildman–Crippen LogP) is 2.51. The van der Waals surface area contributed by atoms with Crippen LogP contribution in [-0.4, -0.2) is 18.4 Å². The molecule has 0 radical (unpaired) electrons. The zero-order valence-corrected chi connectivity index (χ0v) is 10.6. The Labute approximate surface area is 103 Å². The molecule has 0 N–H and O–H groups in total. The van der Waals surface area contributed by atoms with Gasteiger partial charge in [-0.2, -0.15) is 0 Å². The molecule has 0 aliphatic rings. The largest absolute Gasteiger partial charge is 0.466 e. The van der Waals surface area contributed by atoms with Crippen molar-refractivity contribution in [2.45, 2.75) is 19.8 Å². The summed E-state index contributed by atoms with van der Waals surface area (Å²) in [6.07, 6.45) is 0.121. The summed E-state index contributed by atoms with van der Waals surface area (Å²) in [6.45, 7) is 2.03. The molecule has 0 aliphatic carbocycles. The minimum Gasteiger partial charge on any atom is -0.466 e. The van der Waals surface area contributed by atoms with Gasteiger partial charge in [-0.25, -0.2) is 0 Å². The number of ketones is 1. The molecule has 0 aliphatic heterocycles. The lowest BCUT2D eigenvalue weighted by atomic mass is 10.1. The van der Waals surface area contributed by atoms with Crippen molar-refractivity contribution in [2.24, 2.45) is 0 Å². The van der Waals surface area contributed by atoms with Gasteiger partial charge in [0.1, 0.15) is 12.2 Å². The van der Waals surface area contributed by atoms with Crippen molar-refractivity contribution in [1.29, 1.82) is 0 Å². The Balaban J connectivity index is 2.45. The van der Waals surface area contributed by atoms with E-state index in [0.717, 1.165) is 10.0 Å². The molecule has 86 valence electrons. The zero-order chi connectivity index (χ0) is 12.0. The highest BCUT2D eigenvalue weighted by Gasteiger charge is 2.10. The summed E-state index contributed by atoms with van der Waals surface area (Å²) in [5, 5.41) is 0. The second-order valence-electron chi connectivity index (χ2n) is 3.32. The summed E-state index contributed by atoms with van der Waals surface area (Å²) in [6, 6.07) is 7.44. The molecule has 0 fully saturated rings. The van der Waals surface area contributed by atoms with Crippen LogP contribution < -0.4 is 0 Å². The second kappa shape index (κ2) is 6.43. The number of carbonyl (C=O) groups is 2. The average molecular weight is 285 g/mol. The van der Waals surface area contributed by atoms with Gasteiger partial charge in [-0.3, -0.25) is 9.59 Å². The summed E-state index contributed by atoms with van der Waals surface area (Å²) >= 11 is 3.31. The SMILES string of the molecule is CCOC(=O)CC(=O)Cc1ccc(Br)cc1. The van der Waals surface area contributed by atoms with E-state index < -0.39 is 5.97 Å². The van der Waals surface area contributed by atoms with Crippen LogP contribution in [0.25, 0.3) is 0 Å². The predicted molar refractivity (Wildman–Crippen MR) is 64.1 cm³/mol. The maximum Gasteiger partial charge on any atom is 0.313 e. The summed E-state index contributed by atoms with van der Waals surface area (Å²) in [5.74, 6) is -0.578. The van der Waals surface area contributed by atoms with E-state index in [4.69, 9.17) is 4.74 Å². The van der Waals surface area contributed by atoms with Gasteiger partial charge in [-0.1, -0.05) is 28.1 Å². The van der Waals surface area contributed by atoms with Crippen LogP contribution >= 0.6 is 15.9 Å². The molecule has 0 bridgehead atoms. The van der Waals surface area contributed by atoms with E-state index in [9.17, 15) is 9.59 Å². The van der Waals surface area contributed by atoms with Gasteiger partial charge >= 0.3 is 5.97 Å². The Bertz CT molecular complexity index is 370. The minimum atomic E-state index is -0.454. The molecule has 0 unspecified atom stereocenters. The highest BCUT2D eigenvalue weighted by atomic mass is 79.9. The van der Waals surface area contributed by atoms with E-state index in [-0.39, 0.29) is 18.6 Å². The van der Waals surface area contributed by atoms with Crippen molar-refractivity contribution in [3.05, 3.63) is 34.3 Å². The number of carbonyl (C=O) groups excluding carboxylic acids is 2. The van der Waals surface area contributed by atoms with Crippen molar-refractivity contribution in [3.8, 4) is 0 Å². The molecule has 3 nitrogen and oxygen atoms in total. The Morgan fingerprint density at radius 2 is 1.88 bits per heavy atom. The first-order chi connectivity index (χ1) is 7.61. The molecule has 1 aromatic carbocycles. The first-order valence-corrected chi connectivity index (χ1v) is 5.83. The van der Waals surface area contributed by atoms with Gasteiger partial charge in [0.05, 0.1) is 6.61 Å². The molecular weight excluding hydrogens is 272 g/mol. The van der Waals surface area contributed by atoms with Crippen LogP contribution in [0.3, 0.4) is 0 Å². The number of benzene rings is 1. The topological polar surface area (TPSA) is 43.4 Å². The zero-order valence-electron chi connectivity index (χ0n) is 9.03. The van der Waals surface area contributed by atoms with Crippen LogP contribution in [0, 0.1) is 0 Å². The summed E-state index contributed by atoms with van der Waals surface area (Å²) < 4.78 is 5.67. The monoisotopic (exact) mass is 284 g/mol. The fraction of sp³-hybridized carbons (Fsp3) is 0.333. The van der Waals surface area contributed by atoms with Gasteiger partial charge in [0.2, 0.25) is 0 Å². The van der Waals surface area contributed by atoms with Crippen LogP contribution in [-0.2, 0) is 20.7 Å². The quantitative estimate of drug-likeness (QED) is 0.616. The molecule has 16 heavy (non-hydrogen) atoms. The van der Waals surface area contributed by atoms with Gasteiger partial charge in [-0.05, 0) is 24.6 Å². The molecular formula is C12H13BrO3. The minimum absolute atomic E-state index is 0.124. The van der Waals surface area contributed by atoms with E-state index in [0.29, 0.717) is 6.61 Å². The van der Waals surface area contributed by atoms with Crippen LogP contribution in [0.5, 0.6) is 0 Å². The fourth-order valence-electron chi connectivity index (χ4n) is 1.27. The first-order valence-electron chi connectivity index (χ1n) is 5.03. The molecule has 0 atom stereocenters. The molecule has 0 amide bonds. The normalized spacial score (nSPS) is 9.88. The second-order valence-corrected chi connectivity index (χ2v) is 4.24. The van der Waals surface area contributed by atoms with Gasteiger partial charge in [0, 0.05) is 10.9 Å². The third kappa shape index (κ3) is 4.57. The summed E-state index contributed by atoms with van der Waals surface area (Å²) in [5.41, 5.74) is 0.900. The fourth-order valence-corrected chi connectivity index (χ4v) is 1.53. The molecule has 0 saturated carbocycles. The van der Waals surface area contributed by atoms with Crippen molar-refractivity contribution >= 4 is 27.7 Å². The van der Waals surface area contributed by atoms with Crippen LogP contribution in [0.4, 0.5) is 0 Å². The average Bonchev–Trinajstić information content (AvgIpc) is 2.21. The maximum atomic E-state index is 11.5. The molecule has 0 aromatic heterocycles. The standard InChI is InChI=1S/C12H13BrO3/c1-2-16-12(15)8-11(14)7-9-3-5-10(13)6-4-9/h3-6H,2,7-8H2,1H3. The molecule has 1 aromatic rings. The van der Waals surface area contributed by atoms with Crippen molar-refractivity contribution in [3.63, 3.8) is 0 Å². The summed E-state index contributed by atoms with van der Waals surface area (Å²) in [4.78, 5) is 22.5. The smallest absolute Gasteiger partial charge is 0.313 e. The Kier molecular flexibility index (Phi) is 5.19. The number of hydrogen-bond acceptors (Lipinski definition) is 3. The van der Waals surface area contributed by atoms with Gasteiger partial charge in [0.25, 0.3) is 0 Å². The maximum absolute atomic E-state index is 11.5. The number of rotatable bonds is 5. The number of hydrogen-bond donors (Lipinski definition) is 0. The number of halogens is 1. The van der Waals surface area contributed by atoms with Crippen LogP contribution in [0.2, 0.25) is 0 Å². The Hall–Kier alpha value is -1.16. The molecule has 0 heterocycles. The van der Waals surface area contributed by atoms with E-state index in [2.05, 4.69) is 15.9 Å². The van der Waals surface area contributed by atoms with E-state index in [1.807, 2.05) is 24.3 Å². The number of ether oxygens (including phenoxy) is 1. The van der Waals surface area contributed by atoms with Crippen molar-refractivity contribution < 1.29 is 14.3 Å². The molecule has 4 heteroatoms. The van der Waals surface area contributed by atoms with Crippen molar-refractivity contribution in [2.75, 3.05) is 6.61 Å². The highest BCUT2D eigenvalue weighted by Crippen LogP contribution is 2.11. The third-order valence-electron chi connectivity index (χ3n) is 1.96. The van der Waals surface area contributed by atoms with Gasteiger partial charge in [-0.15, -0.1) is 0 Å². The Morgan fingerprint density at radius 1 is 1.25 bits per heavy atom. The third-order valence-corrected chi connectivity index (χ3v) is 2.49. The lowest BCUT2D eigenvalue weighted by Gasteiger charge is -2.02. The summed E-state index contributed by atoms with van der Waals surface area (Å²) in [7, 11) is 0. The number of esters is 1. The number of Topliss-reactive ketones (excluding diaryl/α,β-unsaturated/α-hetero) is 1. The van der Waals surface area contributed by atoms with E-state index in [1.165, 1.54) is 0 Å². The molecule has 0 spiro atoms. The van der Waals surface area contributed by atoms with Gasteiger partial charge in [0.15, 0.2) is 0 Å². The lowest BCUT2D eigenvalue weighted by molar-refractivity contribution is -0.145.